The zero-order chi connectivity index (χ0) is 16.1. The van der Waals surface area contributed by atoms with Crippen molar-refractivity contribution in [2.24, 2.45) is 7.05 Å². The number of rotatable bonds is 7. The normalized spacial score (nSPS) is 12.5. The molecule has 5 nitrogen and oxygen atoms in total. The first kappa shape index (κ1) is 16.2. The largest absolute Gasteiger partial charge is 0.480 e. The summed E-state index contributed by atoms with van der Waals surface area (Å²) >= 11 is 0. The van der Waals surface area contributed by atoms with E-state index < -0.39 is 12.0 Å². The third-order valence-electron chi connectivity index (χ3n) is 3.92. The van der Waals surface area contributed by atoms with E-state index in [9.17, 15) is 9.90 Å². The van der Waals surface area contributed by atoms with Gasteiger partial charge in [-0.2, -0.15) is 5.10 Å². The second-order valence-corrected chi connectivity index (χ2v) is 5.55. The molecule has 5 heteroatoms. The summed E-state index contributed by atoms with van der Waals surface area (Å²) in [5.74, 6) is -0.811. The zero-order valence-corrected chi connectivity index (χ0v) is 13.4. The fourth-order valence-corrected chi connectivity index (χ4v) is 2.72. The molecule has 1 aromatic carbocycles. The third kappa shape index (κ3) is 3.74. The molecular weight excluding hydrogens is 278 g/mol. The van der Waals surface area contributed by atoms with Gasteiger partial charge in [0, 0.05) is 19.8 Å². The predicted octanol–water partition coefficient (Wildman–Crippen LogP) is 2.28. The summed E-state index contributed by atoms with van der Waals surface area (Å²) in [7, 11) is 3.74. The minimum Gasteiger partial charge on any atom is -0.480 e. The lowest BCUT2D eigenvalue weighted by Gasteiger charge is -2.26. The Balaban J connectivity index is 2.15. The van der Waals surface area contributed by atoms with Gasteiger partial charge in [0.15, 0.2) is 0 Å². The Morgan fingerprint density at radius 1 is 1.41 bits per heavy atom. The van der Waals surface area contributed by atoms with Crippen molar-refractivity contribution in [3.8, 4) is 0 Å². The van der Waals surface area contributed by atoms with Gasteiger partial charge in [0.25, 0.3) is 0 Å². The first-order valence-corrected chi connectivity index (χ1v) is 7.51. The molecular formula is C17H23N3O2. The fraction of sp³-hybridized carbons (Fsp3) is 0.412. The number of carboxylic acid groups (broad SMARTS) is 1. The minimum atomic E-state index is -0.811. The van der Waals surface area contributed by atoms with E-state index in [0.717, 1.165) is 29.5 Å². The molecule has 22 heavy (non-hydrogen) atoms. The predicted molar refractivity (Wildman–Crippen MR) is 85.7 cm³/mol. The second kappa shape index (κ2) is 7.22. The molecule has 0 saturated heterocycles. The summed E-state index contributed by atoms with van der Waals surface area (Å²) in [6, 6.07) is 7.15. The quantitative estimate of drug-likeness (QED) is 0.852. The number of aryl methyl sites for hydroxylation is 2. The lowest BCUT2D eigenvalue weighted by molar-refractivity contribution is -0.143. The van der Waals surface area contributed by atoms with Gasteiger partial charge >= 0.3 is 5.97 Å². The summed E-state index contributed by atoms with van der Waals surface area (Å²) in [6.07, 6.45) is 5.39. The van der Waals surface area contributed by atoms with Gasteiger partial charge < -0.3 is 5.11 Å². The lowest BCUT2D eigenvalue weighted by atomic mass is 9.97. The van der Waals surface area contributed by atoms with E-state index in [0.29, 0.717) is 6.54 Å². The van der Waals surface area contributed by atoms with Crippen LogP contribution < -0.4 is 0 Å². The van der Waals surface area contributed by atoms with Crippen LogP contribution >= 0.6 is 0 Å². The number of nitrogens with zero attached hydrogens (tertiary/aromatic N) is 3. The highest BCUT2D eigenvalue weighted by Crippen LogP contribution is 2.24. The Hall–Kier alpha value is -2.14. The number of carboxylic acids is 1. The summed E-state index contributed by atoms with van der Waals surface area (Å²) in [4.78, 5) is 13.7. The zero-order valence-electron chi connectivity index (χ0n) is 13.4. The van der Waals surface area contributed by atoms with Gasteiger partial charge in [-0.15, -0.1) is 0 Å². The van der Waals surface area contributed by atoms with Crippen molar-refractivity contribution >= 4 is 5.97 Å². The van der Waals surface area contributed by atoms with Crippen molar-refractivity contribution in [2.75, 3.05) is 13.6 Å². The van der Waals surface area contributed by atoms with Gasteiger partial charge in [-0.05, 0) is 36.6 Å². The molecule has 0 unspecified atom stereocenters. The first-order valence-electron chi connectivity index (χ1n) is 7.51. The first-order chi connectivity index (χ1) is 10.5. The summed E-state index contributed by atoms with van der Waals surface area (Å²) in [6.45, 7) is 2.72. The molecule has 0 saturated carbocycles. The molecule has 0 radical (unpaired) electrons. The molecule has 0 bridgehead atoms. The minimum absolute atomic E-state index is 0.618. The van der Waals surface area contributed by atoms with Crippen molar-refractivity contribution in [1.29, 1.82) is 0 Å². The van der Waals surface area contributed by atoms with Crippen LogP contribution in [-0.4, -0.2) is 39.3 Å². The maximum atomic E-state index is 11.8. The van der Waals surface area contributed by atoms with Crippen molar-refractivity contribution < 1.29 is 9.90 Å². The molecule has 1 atom stereocenters. The molecule has 2 rings (SSSR count). The van der Waals surface area contributed by atoms with E-state index in [1.165, 1.54) is 0 Å². The number of benzene rings is 1. The molecule has 1 heterocycles. The van der Waals surface area contributed by atoms with Crippen molar-refractivity contribution in [1.82, 2.24) is 14.7 Å². The number of aliphatic carboxylic acids is 1. The highest BCUT2D eigenvalue weighted by molar-refractivity contribution is 5.76. The summed E-state index contributed by atoms with van der Waals surface area (Å²) < 4.78 is 1.76. The van der Waals surface area contributed by atoms with Crippen LogP contribution in [0.1, 0.15) is 29.7 Å². The average molecular weight is 301 g/mol. The number of hydrogen-bond donors (Lipinski definition) is 1. The van der Waals surface area contributed by atoms with Gasteiger partial charge in [0.1, 0.15) is 6.04 Å². The molecule has 2 aromatic rings. The number of aromatic nitrogens is 2. The molecule has 118 valence electrons. The summed E-state index contributed by atoms with van der Waals surface area (Å²) in [5.41, 5.74) is 3.08. The topological polar surface area (TPSA) is 58.4 Å². The highest BCUT2D eigenvalue weighted by Gasteiger charge is 2.26. The standard InChI is InChI=1S/C17H23N3O2/c1-4-14-7-5-6-8-15(14)16(17(21)22)19(2)10-9-13-11-18-20(3)12-13/h5-8,11-12,16H,4,9-10H2,1-3H3,(H,21,22)/t16-/m1/s1. The summed E-state index contributed by atoms with van der Waals surface area (Å²) in [5, 5.41) is 13.8. The second-order valence-electron chi connectivity index (χ2n) is 5.55. The van der Waals surface area contributed by atoms with Crippen LogP contribution in [0.2, 0.25) is 0 Å². The molecule has 0 spiro atoms. The van der Waals surface area contributed by atoms with Crippen LogP contribution in [0.25, 0.3) is 0 Å². The number of likely N-dealkylation sites (N-methyl/N-ethyl adjacent to an activating group) is 1. The monoisotopic (exact) mass is 301 g/mol. The van der Waals surface area contributed by atoms with Crippen LogP contribution in [0, 0.1) is 0 Å². The van der Waals surface area contributed by atoms with Crippen molar-refractivity contribution in [3.63, 3.8) is 0 Å². The molecule has 1 N–H and O–H groups in total. The Kier molecular flexibility index (Phi) is 5.33. The fourth-order valence-electron chi connectivity index (χ4n) is 2.72. The smallest absolute Gasteiger partial charge is 0.325 e. The van der Waals surface area contributed by atoms with Gasteiger partial charge in [0.2, 0.25) is 0 Å². The van der Waals surface area contributed by atoms with Gasteiger partial charge in [-0.25, -0.2) is 0 Å². The molecule has 0 amide bonds. The van der Waals surface area contributed by atoms with E-state index in [4.69, 9.17) is 0 Å². The molecule has 0 aliphatic carbocycles. The highest BCUT2D eigenvalue weighted by atomic mass is 16.4. The van der Waals surface area contributed by atoms with Crippen LogP contribution in [0.15, 0.2) is 36.7 Å². The van der Waals surface area contributed by atoms with Crippen molar-refractivity contribution in [3.05, 3.63) is 53.3 Å². The Bertz CT molecular complexity index is 636. The third-order valence-corrected chi connectivity index (χ3v) is 3.92. The van der Waals surface area contributed by atoms with Gasteiger partial charge in [-0.3, -0.25) is 14.4 Å². The van der Waals surface area contributed by atoms with Gasteiger partial charge in [-0.1, -0.05) is 31.2 Å². The van der Waals surface area contributed by atoms with Crippen molar-refractivity contribution in [2.45, 2.75) is 25.8 Å². The number of carbonyl (C=O) groups is 1. The maximum absolute atomic E-state index is 11.8. The average Bonchev–Trinajstić information content (AvgIpc) is 2.91. The molecule has 0 aliphatic heterocycles. The Morgan fingerprint density at radius 2 is 2.14 bits per heavy atom. The van der Waals surface area contributed by atoms with E-state index in [-0.39, 0.29) is 0 Å². The molecule has 1 aromatic heterocycles. The number of hydrogen-bond acceptors (Lipinski definition) is 3. The van der Waals surface area contributed by atoms with Crippen LogP contribution in [0.4, 0.5) is 0 Å². The van der Waals surface area contributed by atoms with Crippen LogP contribution in [0.5, 0.6) is 0 Å². The lowest BCUT2D eigenvalue weighted by Crippen LogP contribution is -2.33. The van der Waals surface area contributed by atoms with E-state index in [1.807, 2.05) is 62.6 Å². The molecule has 0 aliphatic rings. The van der Waals surface area contributed by atoms with Crippen LogP contribution in [0.3, 0.4) is 0 Å². The van der Waals surface area contributed by atoms with E-state index in [2.05, 4.69) is 5.10 Å². The van der Waals surface area contributed by atoms with Gasteiger partial charge in [0.05, 0.1) is 6.20 Å². The van der Waals surface area contributed by atoms with E-state index >= 15 is 0 Å². The molecule has 0 fully saturated rings. The van der Waals surface area contributed by atoms with Crippen LogP contribution in [-0.2, 0) is 24.7 Å². The Morgan fingerprint density at radius 3 is 2.73 bits per heavy atom. The maximum Gasteiger partial charge on any atom is 0.325 e. The SMILES string of the molecule is CCc1ccccc1[C@H](C(=O)O)N(C)CCc1cnn(C)c1. The Labute approximate surface area is 131 Å². The van der Waals surface area contributed by atoms with E-state index in [1.54, 1.807) is 4.68 Å².